The van der Waals surface area contributed by atoms with Crippen LogP contribution in [0.1, 0.15) is 5.69 Å². The summed E-state index contributed by atoms with van der Waals surface area (Å²) < 4.78 is 2.19. The molecule has 0 saturated carbocycles. The van der Waals surface area contributed by atoms with E-state index in [9.17, 15) is 0 Å². The van der Waals surface area contributed by atoms with Crippen molar-refractivity contribution in [3.8, 4) is 0 Å². The molecule has 0 amide bonds. The van der Waals surface area contributed by atoms with Gasteiger partial charge in [0.2, 0.25) is 5.95 Å². The van der Waals surface area contributed by atoms with Crippen LogP contribution >= 0.6 is 15.9 Å². The van der Waals surface area contributed by atoms with Gasteiger partial charge in [-0.25, -0.2) is 4.68 Å². The molecule has 0 aliphatic heterocycles. The third kappa shape index (κ3) is 1.87. The zero-order valence-corrected chi connectivity index (χ0v) is 8.72. The maximum atomic E-state index is 5.42. The van der Waals surface area contributed by atoms with Crippen molar-refractivity contribution < 1.29 is 0 Å². The smallest absolute Gasteiger partial charge is 0.240 e. The minimum Gasteiger partial charge on any atom is -0.366 e. The Bertz CT molecular complexity index is 425. The van der Waals surface area contributed by atoms with E-state index >= 15 is 0 Å². The molecular formula is C7H7BrN6. The van der Waals surface area contributed by atoms with E-state index in [1.54, 1.807) is 23.3 Å². The number of nitrogens with two attached hydrogens (primary N) is 1. The highest BCUT2D eigenvalue weighted by molar-refractivity contribution is 9.10. The van der Waals surface area contributed by atoms with E-state index in [0.717, 1.165) is 5.69 Å². The SMILES string of the molecule is Nc1nc(Br)n(Cc2cnccn2)n1. The van der Waals surface area contributed by atoms with Gasteiger partial charge in [-0.05, 0) is 15.9 Å². The summed E-state index contributed by atoms with van der Waals surface area (Å²) in [5.74, 6) is 0.237. The zero-order valence-electron chi connectivity index (χ0n) is 7.13. The zero-order chi connectivity index (χ0) is 9.97. The average molecular weight is 255 g/mol. The van der Waals surface area contributed by atoms with Gasteiger partial charge < -0.3 is 5.73 Å². The second kappa shape index (κ2) is 3.70. The van der Waals surface area contributed by atoms with Gasteiger partial charge in [-0.1, -0.05) is 0 Å². The standard InChI is InChI=1S/C7H7BrN6/c8-6-12-7(9)13-14(6)4-5-3-10-1-2-11-5/h1-3H,4H2,(H2,9,13). The lowest BCUT2D eigenvalue weighted by atomic mass is 10.4. The highest BCUT2D eigenvalue weighted by atomic mass is 79.9. The number of aromatic nitrogens is 5. The van der Waals surface area contributed by atoms with E-state index in [4.69, 9.17) is 5.73 Å². The molecular weight excluding hydrogens is 248 g/mol. The number of hydrogen-bond acceptors (Lipinski definition) is 5. The van der Waals surface area contributed by atoms with Crippen LogP contribution in [0, 0.1) is 0 Å². The summed E-state index contributed by atoms with van der Waals surface area (Å²) in [6, 6.07) is 0. The molecule has 0 spiro atoms. The number of hydrogen-bond donors (Lipinski definition) is 1. The Labute approximate surface area is 88.3 Å². The first-order valence-electron chi connectivity index (χ1n) is 3.86. The fourth-order valence-corrected chi connectivity index (χ4v) is 1.39. The molecule has 14 heavy (non-hydrogen) atoms. The van der Waals surface area contributed by atoms with Crippen LogP contribution < -0.4 is 5.73 Å². The lowest BCUT2D eigenvalue weighted by molar-refractivity contribution is 0.654. The Balaban J connectivity index is 2.23. The predicted octanol–water partition coefficient (Wildman–Crippen LogP) is 0.461. The molecule has 0 fully saturated rings. The van der Waals surface area contributed by atoms with Crippen LogP contribution in [0.2, 0.25) is 0 Å². The summed E-state index contributed by atoms with van der Waals surface area (Å²) in [6.45, 7) is 0.499. The summed E-state index contributed by atoms with van der Waals surface area (Å²) in [6.07, 6.45) is 4.92. The molecule has 6 nitrogen and oxygen atoms in total. The van der Waals surface area contributed by atoms with Gasteiger partial charge in [0.25, 0.3) is 0 Å². The molecule has 2 aromatic rings. The van der Waals surface area contributed by atoms with Crippen molar-refractivity contribution >= 4 is 21.9 Å². The van der Waals surface area contributed by atoms with E-state index in [2.05, 4.69) is 36.0 Å². The Morgan fingerprint density at radius 1 is 1.43 bits per heavy atom. The normalized spacial score (nSPS) is 10.4. The molecule has 72 valence electrons. The first-order valence-corrected chi connectivity index (χ1v) is 4.66. The Morgan fingerprint density at radius 2 is 2.29 bits per heavy atom. The molecule has 0 aliphatic carbocycles. The van der Waals surface area contributed by atoms with Gasteiger partial charge in [-0.3, -0.25) is 9.97 Å². The summed E-state index contributed by atoms with van der Waals surface area (Å²) >= 11 is 3.24. The molecule has 0 unspecified atom stereocenters. The van der Waals surface area contributed by atoms with Crippen LogP contribution in [0.25, 0.3) is 0 Å². The van der Waals surface area contributed by atoms with Gasteiger partial charge in [0.1, 0.15) is 0 Å². The highest BCUT2D eigenvalue weighted by Gasteiger charge is 2.05. The number of anilines is 1. The second-order valence-corrected chi connectivity index (χ2v) is 3.30. The number of nitrogens with zero attached hydrogens (tertiary/aromatic N) is 5. The summed E-state index contributed by atoms with van der Waals surface area (Å²) in [4.78, 5) is 12.0. The molecule has 0 saturated heterocycles. The van der Waals surface area contributed by atoms with E-state index in [1.807, 2.05) is 0 Å². The van der Waals surface area contributed by atoms with Crippen LogP contribution in [0.3, 0.4) is 0 Å². The Kier molecular flexibility index (Phi) is 2.40. The highest BCUT2D eigenvalue weighted by Crippen LogP contribution is 2.09. The fraction of sp³-hybridized carbons (Fsp3) is 0.143. The van der Waals surface area contributed by atoms with E-state index < -0.39 is 0 Å². The molecule has 7 heteroatoms. The summed E-state index contributed by atoms with van der Waals surface area (Å²) in [5, 5.41) is 3.97. The topological polar surface area (TPSA) is 82.5 Å². The van der Waals surface area contributed by atoms with Crippen LogP contribution in [-0.2, 0) is 6.54 Å². The Morgan fingerprint density at radius 3 is 2.86 bits per heavy atom. The third-order valence-corrected chi connectivity index (χ3v) is 2.16. The van der Waals surface area contributed by atoms with Crippen molar-refractivity contribution in [1.29, 1.82) is 0 Å². The fourth-order valence-electron chi connectivity index (χ4n) is 1.01. The molecule has 0 radical (unpaired) electrons. The van der Waals surface area contributed by atoms with Crippen molar-refractivity contribution in [3.63, 3.8) is 0 Å². The molecule has 0 bridgehead atoms. The van der Waals surface area contributed by atoms with E-state index in [1.165, 1.54) is 0 Å². The number of nitrogen functional groups attached to an aromatic ring is 1. The lowest BCUT2D eigenvalue weighted by Gasteiger charge is -1.99. The van der Waals surface area contributed by atoms with Crippen molar-refractivity contribution in [2.75, 3.05) is 5.73 Å². The molecule has 2 heterocycles. The van der Waals surface area contributed by atoms with Crippen molar-refractivity contribution in [2.24, 2.45) is 0 Å². The molecule has 0 aromatic carbocycles. The maximum absolute atomic E-state index is 5.42. The van der Waals surface area contributed by atoms with Gasteiger partial charge in [0.05, 0.1) is 18.4 Å². The van der Waals surface area contributed by atoms with E-state index in [0.29, 0.717) is 11.3 Å². The van der Waals surface area contributed by atoms with Crippen LogP contribution in [0.4, 0.5) is 5.95 Å². The van der Waals surface area contributed by atoms with E-state index in [-0.39, 0.29) is 5.95 Å². The minimum atomic E-state index is 0.237. The average Bonchev–Trinajstić information content (AvgIpc) is 2.47. The van der Waals surface area contributed by atoms with Gasteiger partial charge in [0, 0.05) is 12.4 Å². The first-order chi connectivity index (χ1) is 6.75. The molecule has 2 aromatic heterocycles. The second-order valence-electron chi connectivity index (χ2n) is 2.59. The predicted molar refractivity (Wildman–Crippen MR) is 53.3 cm³/mol. The first kappa shape index (κ1) is 9.07. The van der Waals surface area contributed by atoms with Crippen LogP contribution in [0.15, 0.2) is 23.3 Å². The Hall–Kier alpha value is -1.50. The summed E-state index contributed by atoms with van der Waals surface area (Å²) in [7, 11) is 0. The lowest BCUT2D eigenvalue weighted by Crippen LogP contribution is -2.04. The van der Waals surface area contributed by atoms with Crippen molar-refractivity contribution in [3.05, 3.63) is 29.0 Å². The third-order valence-electron chi connectivity index (χ3n) is 1.57. The quantitative estimate of drug-likeness (QED) is 0.842. The van der Waals surface area contributed by atoms with Crippen molar-refractivity contribution in [2.45, 2.75) is 6.54 Å². The molecule has 2 rings (SSSR count). The number of rotatable bonds is 2. The largest absolute Gasteiger partial charge is 0.366 e. The van der Waals surface area contributed by atoms with Crippen molar-refractivity contribution in [1.82, 2.24) is 24.7 Å². The van der Waals surface area contributed by atoms with Crippen LogP contribution in [0.5, 0.6) is 0 Å². The van der Waals surface area contributed by atoms with Crippen LogP contribution in [-0.4, -0.2) is 24.7 Å². The van der Waals surface area contributed by atoms with Gasteiger partial charge in [-0.2, -0.15) is 4.98 Å². The monoisotopic (exact) mass is 254 g/mol. The number of halogens is 1. The summed E-state index contributed by atoms with van der Waals surface area (Å²) in [5.41, 5.74) is 6.23. The maximum Gasteiger partial charge on any atom is 0.240 e. The molecule has 0 aliphatic rings. The van der Waals surface area contributed by atoms with Gasteiger partial charge in [-0.15, -0.1) is 5.10 Å². The molecule has 2 N–H and O–H groups in total. The molecule has 0 atom stereocenters. The minimum absolute atomic E-state index is 0.237. The van der Waals surface area contributed by atoms with Gasteiger partial charge in [0.15, 0.2) is 4.73 Å². The van der Waals surface area contributed by atoms with Gasteiger partial charge >= 0.3 is 0 Å².